The van der Waals surface area contributed by atoms with Crippen LogP contribution in [0.5, 0.6) is 11.5 Å². The van der Waals surface area contributed by atoms with Gasteiger partial charge in [-0.15, -0.1) is 0 Å². The summed E-state index contributed by atoms with van der Waals surface area (Å²) >= 11 is 0. The molecule has 0 saturated carbocycles. The molecule has 1 aliphatic heterocycles. The molecule has 3 rings (SSSR count). The van der Waals surface area contributed by atoms with E-state index in [9.17, 15) is 4.79 Å². The lowest BCUT2D eigenvalue weighted by molar-refractivity contribution is -0.143. The molecule has 0 radical (unpaired) electrons. The van der Waals surface area contributed by atoms with E-state index in [-0.39, 0.29) is 12.8 Å². The summed E-state index contributed by atoms with van der Waals surface area (Å²) in [4.78, 5) is 12.4. The molecular formula is C17H16O4. The maximum absolute atomic E-state index is 12.4. The van der Waals surface area contributed by atoms with E-state index in [1.807, 2.05) is 48.5 Å². The van der Waals surface area contributed by atoms with Gasteiger partial charge in [-0.3, -0.25) is 4.79 Å². The maximum Gasteiger partial charge on any atom is 0.317 e. The van der Waals surface area contributed by atoms with E-state index in [1.165, 1.54) is 0 Å². The first kappa shape index (κ1) is 13.5. The van der Waals surface area contributed by atoms with Crippen molar-refractivity contribution in [3.05, 3.63) is 59.7 Å². The summed E-state index contributed by atoms with van der Waals surface area (Å²) in [6.07, 6.45) is 0. The first-order chi connectivity index (χ1) is 10.3. The van der Waals surface area contributed by atoms with Crippen LogP contribution in [0.3, 0.4) is 0 Å². The first-order valence-electron chi connectivity index (χ1n) is 6.90. The molecule has 1 atom stereocenters. The Labute approximate surface area is 123 Å². The predicted molar refractivity (Wildman–Crippen MR) is 77.5 cm³/mol. The molecule has 0 spiro atoms. The van der Waals surface area contributed by atoms with Crippen molar-refractivity contribution in [2.75, 3.05) is 13.4 Å². The lowest BCUT2D eigenvalue weighted by Crippen LogP contribution is -2.17. The number of hydrogen-bond donors (Lipinski definition) is 0. The Hall–Kier alpha value is -2.49. The Morgan fingerprint density at radius 1 is 1.10 bits per heavy atom. The van der Waals surface area contributed by atoms with Crippen LogP contribution in [0, 0.1) is 0 Å². The Morgan fingerprint density at radius 2 is 1.86 bits per heavy atom. The van der Waals surface area contributed by atoms with Crippen molar-refractivity contribution in [3.63, 3.8) is 0 Å². The minimum absolute atomic E-state index is 0.216. The van der Waals surface area contributed by atoms with E-state index in [2.05, 4.69) is 0 Å². The standard InChI is InChI=1S/C17H16O4/c1-2-19-17(18)16(12-6-4-3-5-7-12)13-8-9-14-15(10-13)21-11-20-14/h3-10,16H,2,11H2,1H3. The number of esters is 1. The molecule has 1 heterocycles. The molecule has 1 aliphatic rings. The van der Waals surface area contributed by atoms with Gasteiger partial charge in [0.15, 0.2) is 11.5 Å². The zero-order valence-electron chi connectivity index (χ0n) is 11.7. The minimum atomic E-state index is -0.458. The normalized spacial score (nSPS) is 13.8. The Kier molecular flexibility index (Phi) is 3.77. The Morgan fingerprint density at radius 3 is 2.62 bits per heavy atom. The van der Waals surface area contributed by atoms with Gasteiger partial charge >= 0.3 is 5.97 Å². The van der Waals surface area contributed by atoms with Gasteiger partial charge in [-0.2, -0.15) is 0 Å². The second kappa shape index (κ2) is 5.87. The zero-order valence-corrected chi connectivity index (χ0v) is 11.7. The van der Waals surface area contributed by atoms with Crippen LogP contribution in [0.4, 0.5) is 0 Å². The van der Waals surface area contributed by atoms with Crippen LogP contribution < -0.4 is 9.47 Å². The van der Waals surface area contributed by atoms with E-state index in [0.717, 1.165) is 11.1 Å². The van der Waals surface area contributed by atoms with Crippen molar-refractivity contribution >= 4 is 5.97 Å². The Bertz CT molecular complexity index is 636. The average molecular weight is 284 g/mol. The second-order valence-electron chi connectivity index (χ2n) is 4.71. The minimum Gasteiger partial charge on any atom is -0.465 e. The van der Waals surface area contributed by atoms with Crippen LogP contribution in [0.25, 0.3) is 0 Å². The summed E-state index contributed by atoms with van der Waals surface area (Å²) in [5.41, 5.74) is 1.73. The third-order valence-electron chi connectivity index (χ3n) is 3.39. The van der Waals surface area contributed by atoms with E-state index < -0.39 is 5.92 Å². The molecular weight excluding hydrogens is 268 g/mol. The largest absolute Gasteiger partial charge is 0.465 e. The molecule has 0 fully saturated rings. The van der Waals surface area contributed by atoms with Gasteiger partial charge in [0, 0.05) is 0 Å². The molecule has 4 heteroatoms. The first-order valence-corrected chi connectivity index (χ1v) is 6.90. The monoisotopic (exact) mass is 284 g/mol. The molecule has 0 aromatic heterocycles. The van der Waals surface area contributed by atoms with Crippen molar-refractivity contribution in [2.24, 2.45) is 0 Å². The van der Waals surface area contributed by atoms with Gasteiger partial charge in [-0.05, 0) is 30.2 Å². The second-order valence-corrected chi connectivity index (χ2v) is 4.71. The molecule has 0 amide bonds. The average Bonchev–Trinajstić information content (AvgIpc) is 2.96. The fourth-order valence-electron chi connectivity index (χ4n) is 2.43. The van der Waals surface area contributed by atoms with Crippen LogP contribution in [-0.4, -0.2) is 19.4 Å². The van der Waals surface area contributed by atoms with Gasteiger partial charge in [0.05, 0.1) is 6.61 Å². The third-order valence-corrected chi connectivity index (χ3v) is 3.39. The lowest BCUT2D eigenvalue weighted by atomic mass is 9.91. The summed E-state index contributed by atoms with van der Waals surface area (Å²) < 4.78 is 15.9. The van der Waals surface area contributed by atoms with Crippen molar-refractivity contribution < 1.29 is 19.0 Å². The summed E-state index contributed by atoms with van der Waals surface area (Å²) in [5.74, 6) is 0.648. The van der Waals surface area contributed by atoms with E-state index in [0.29, 0.717) is 18.1 Å². The van der Waals surface area contributed by atoms with Crippen molar-refractivity contribution in [2.45, 2.75) is 12.8 Å². The zero-order chi connectivity index (χ0) is 14.7. The van der Waals surface area contributed by atoms with Gasteiger partial charge in [0.1, 0.15) is 5.92 Å². The highest BCUT2D eigenvalue weighted by molar-refractivity contribution is 5.82. The maximum atomic E-state index is 12.4. The van der Waals surface area contributed by atoms with E-state index in [4.69, 9.17) is 14.2 Å². The topological polar surface area (TPSA) is 44.8 Å². The molecule has 0 bridgehead atoms. The molecule has 2 aromatic rings. The van der Waals surface area contributed by atoms with Gasteiger partial charge in [-0.1, -0.05) is 36.4 Å². The summed E-state index contributed by atoms with van der Waals surface area (Å²) in [5, 5.41) is 0. The number of carbonyl (C=O) groups excluding carboxylic acids is 1. The molecule has 0 saturated heterocycles. The van der Waals surface area contributed by atoms with Gasteiger partial charge in [-0.25, -0.2) is 0 Å². The smallest absolute Gasteiger partial charge is 0.317 e. The molecule has 1 unspecified atom stereocenters. The molecule has 0 aliphatic carbocycles. The van der Waals surface area contributed by atoms with Crippen molar-refractivity contribution in [1.29, 1.82) is 0 Å². The summed E-state index contributed by atoms with van der Waals surface area (Å²) in [7, 11) is 0. The number of rotatable bonds is 4. The summed E-state index contributed by atoms with van der Waals surface area (Å²) in [6, 6.07) is 15.1. The highest BCUT2D eigenvalue weighted by Gasteiger charge is 2.26. The molecule has 4 nitrogen and oxygen atoms in total. The summed E-state index contributed by atoms with van der Waals surface area (Å²) in [6.45, 7) is 2.38. The van der Waals surface area contributed by atoms with Crippen LogP contribution in [0.1, 0.15) is 24.0 Å². The number of benzene rings is 2. The quantitative estimate of drug-likeness (QED) is 0.809. The van der Waals surface area contributed by atoms with Crippen molar-refractivity contribution in [1.82, 2.24) is 0 Å². The SMILES string of the molecule is CCOC(=O)C(c1ccccc1)c1ccc2c(c1)OCO2. The number of hydrogen-bond acceptors (Lipinski definition) is 4. The number of ether oxygens (including phenoxy) is 3. The van der Waals surface area contributed by atoms with Gasteiger partial charge in [0.25, 0.3) is 0 Å². The van der Waals surface area contributed by atoms with Crippen LogP contribution in [-0.2, 0) is 9.53 Å². The van der Waals surface area contributed by atoms with Crippen molar-refractivity contribution in [3.8, 4) is 11.5 Å². The van der Waals surface area contributed by atoms with Gasteiger partial charge in [0.2, 0.25) is 6.79 Å². The Balaban J connectivity index is 2.01. The molecule has 21 heavy (non-hydrogen) atoms. The highest BCUT2D eigenvalue weighted by atomic mass is 16.7. The van der Waals surface area contributed by atoms with Crippen LogP contribution in [0.15, 0.2) is 48.5 Å². The van der Waals surface area contributed by atoms with Crippen LogP contribution >= 0.6 is 0 Å². The van der Waals surface area contributed by atoms with Crippen LogP contribution in [0.2, 0.25) is 0 Å². The molecule has 108 valence electrons. The fraction of sp³-hybridized carbons (Fsp3) is 0.235. The highest BCUT2D eigenvalue weighted by Crippen LogP contribution is 2.36. The number of fused-ring (bicyclic) bond motifs is 1. The predicted octanol–water partition coefficient (Wildman–Crippen LogP) is 3.11. The fourth-order valence-corrected chi connectivity index (χ4v) is 2.43. The van der Waals surface area contributed by atoms with Gasteiger partial charge < -0.3 is 14.2 Å². The molecule has 0 N–H and O–H groups in total. The lowest BCUT2D eigenvalue weighted by Gasteiger charge is -2.16. The third kappa shape index (κ3) is 2.70. The van der Waals surface area contributed by atoms with E-state index in [1.54, 1.807) is 6.92 Å². The number of carbonyl (C=O) groups is 1. The van der Waals surface area contributed by atoms with E-state index >= 15 is 0 Å². The molecule has 2 aromatic carbocycles.